The third kappa shape index (κ3) is 25.0. The molecule has 0 saturated carbocycles. The maximum Gasteiger partial charge on any atom is 0.336 e. The van der Waals surface area contributed by atoms with E-state index in [1.807, 2.05) is 55.6 Å². The second-order valence-electron chi connectivity index (χ2n) is 35.8. The summed E-state index contributed by atoms with van der Waals surface area (Å²) in [5.41, 5.74) is 14.8. The molecule has 7 N–H and O–H groups in total. The van der Waals surface area contributed by atoms with Crippen molar-refractivity contribution in [2.24, 2.45) is 13.0 Å². The number of pyridine rings is 7. The number of carboxylic acids is 6. The summed E-state index contributed by atoms with van der Waals surface area (Å²) in [5, 5.41) is 93.0. The van der Waals surface area contributed by atoms with Crippen molar-refractivity contribution in [1.29, 1.82) is 0 Å². The Morgan fingerprint density at radius 2 is 0.767 bits per heavy atom. The van der Waals surface area contributed by atoms with Crippen LogP contribution in [-0.4, -0.2) is 210 Å². The van der Waals surface area contributed by atoms with E-state index in [1.165, 1.54) is 170 Å². The number of hydrogen-bond donors (Lipinski definition) is 7. The van der Waals surface area contributed by atoms with Gasteiger partial charge in [-0.1, -0.05) is 32.4 Å². The maximum absolute atomic E-state index is 13.9. The number of likely N-dealkylation sites (tertiary alicyclic amines) is 1. The number of carboxylic acid groups (broad SMARTS) is 6. The Balaban J connectivity index is 0.000000132. The van der Waals surface area contributed by atoms with E-state index in [2.05, 4.69) is 99.2 Å². The molecule has 0 spiro atoms. The van der Waals surface area contributed by atoms with Gasteiger partial charge >= 0.3 is 35.8 Å². The molecule has 0 radical (unpaired) electrons. The van der Waals surface area contributed by atoms with Gasteiger partial charge in [0.1, 0.15) is 35.0 Å². The van der Waals surface area contributed by atoms with Gasteiger partial charge in [0.25, 0.3) is 5.92 Å². The second kappa shape index (κ2) is 46.6. The summed E-state index contributed by atoms with van der Waals surface area (Å²) in [6.45, 7) is 15.1. The fourth-order valence-electron chi connectivity index (χ4n) is 17.8. The molecule has 2 fully saturated rings. The maximum atomic E-state index is 13.9. The van der Waals surface area contributed by atoms with Gasteiger partial charge in [0.05, 0.1) is 115 Å². The summed E-state index contributed by atoms with van der Waals surface area (Å²) in [5.74, 6) is -10.5. The number of aromatic nitrogens is 18. The third-order valence-corrected chi connectivity index (χ3v) is 24.9. The van der Waals surface area contributed by atoms with Gasteiger partial charge in [0.15, 0.2) is 0 Å². The first-order valence-corrected chi connectivity index (χ1v) is 46.9. The molecule has 0 aliphatic carbocycles. The number of hydrogen-bond acceptors (Lipinski definition) is 21. The van der Waals surface area contributed by atoms with Crippen LogP contribution in [0, 0.1) is 36.1 Å². The first kappa shape index (κ1) is 104. The number of ether oxygens (including phenoxy) is 1. The van der Waals surface area contributed by atoms with E-state index in [-0.39, 0.29) is 64.2 Å². The highest BCUT2D eigenvalue weighted by Crippen LogP contribution is 2.34. The SMILES string of the molecule is CC(C)Cn1nc(Cc2cnccc2C(=O)O)c2cc(F)ccc21.CC(F)(F)C(O)Cn1nc(Cc2cnccc2C(=O)O)c2cc(F)ccc21.CCCn1nc(Cc2cnccc2C(=O)O)c2cc(C)ccc21.Cn1cc(Cc2cnccc2C(=O)O)c2cccnc21.O=C(O)c1ccncc1Cc1nn(C2CCOC2)c2ccc(F)cc12.O=C(O)c1ccncc1Cc1nn(CCN2CCCC2)c2ccc(F)cc12. The molecule has 13 aromatic heterocycles. The summed E-state index contributed by atoms with van der Waals surface area (Å²) in [6, 6.07) is 36.6. The van der Waals surface area contributed by atoms with Crippen LogP contribution in [0.4, 0.5) is 26.3 Å². The summed E-state index contributed by atoms with van der Waals surface area (Å²) >= 11 is 0. The average molecular weight is 1990 g/mol. The molecule has 2 atom stereocenters. The summed E-state index contributed by atoms with van der Waals surface area (Å²) in [4.78, 5) is 99.0. The highest BCUT2D eigenvalue weighted by Gasteiger charge is 2.34. The number of aliphatic hydroxyl groups is 1. The van der Waals surface area contributed by atoms with Crippen LogP contribution in [0.2, 0.25) is 0 Å². The predicted octanol–water partition coefficient (Wildman–Crippen LogP) is 17.9. The largest absolute Gasteiger partial charge is 0.478 e. The van der Waals surface area contributed by atoms with Crippen molar-refractivity contribution in [3.8, 4) is 0 Å². The van der Waals surface area contributed by atoms with Crippen molar-refractivity contribution in [2.75, 3.05) is 32.8 Å². The van der Waals surface area contributed by atoms with Crippen LogP contribution in [-0.2, 0) is 76.5 Å². The van der Waals surface area contributed by atoms with Crippen LogP contribution >= 0.6 is 0 Å². The molecule has 0 bridgehead atoms. The molecular formula is C107H103F6N19O14. The normalized spacial score (nSPS) is 13.2. The number of nitrogens with zero attached hydrogens (tertiary/aromatic N) is 19. The quantitative estimate of drug-likeness (QED) is 0.0214. The van der Waals surface area contributed by atoms with Crippen molar-refractivity contribution < 1.29 is 95.6 Å². The average Bonchev–Trinajstić information content (AvgIpc) is 1.66. The minimum atomic E-state index is -3.34. The molecule has 2 unspecified atom stereocenters. The van der Waals surface area contributed by atoms with Gasteiger partial charge < -0.3 is 49.9 Å². The van der Waals surface area contributed by atoms with Crippen LogP contribution in [0.15, 0.2) is 226 Å². The molecule has 752 valence electrons. The Hall–Kier alpha value is -16.7. The number of aromatic carboxylic acids is 6. The lowest BCUT2D eigenvalue weighted by atomic mass is 10.0. The molecule has 18 aromatic rings. The summed E-state index contributed by atoms with van der Waals surface area (Å²) < 4.78 is 97.9. The lowest BCUT2D eigenvalue weighted by Crippen LogP contribution is -2.34. The van der Waals surface area contributed by atoms with Crippen molar-refractivity contribution >= 4 is 101 Å². The monoisotopic (exact) mass is 1990 g/mol. The topological polar surface area (TPSA) is 441 Å². The lowest BCUT2D eigenvalue weighted by molar-refractivity contribution is -0.0998. The van der Waals surface area contributed by atoms with Gasteiger partial charge in [-0.05, 0) is 224 Å². The molecule has 0 amide bonds. The first-order valence-electron chi connectivity index (χ1n) is 46.9. The van der Waals surface area contributed by atoms with Crippen LogP contribution in [0.1, 0.15) is 195 Å². The van der Waals surface area contributed by atoms with Crippen molar-refractivity contribution in [2.45, 2.75) is 143 Å². The van der Waals surface area contributed by atoms with E-state index in [0.29, 0.717) is 142 Å². The molecule has 33 nitrogen and oxygen atoms in total. The zero-order valence-electron chi connectivity index (χ0n) is 80.3. The number of halogens is 6. The fraction of sp³-hybridized carbons (Fsp3) is 0.271. The molecule has 20 rings (SSSR count). The molecule has 15 heterocycles. The second-order valence-corrected chi connectivity index (χ2v) is 35.8. The zero-order chi connectivity index (χ0) is 104. The minimum Gasteiger partial charge on any atom is -0.478 e. The predicted molar refractivity (Wildman–Crippen MR) is 530 cm³/mol. The van der Waals surface area contributed by atoms with E-state index in [4.69, 9.17) is 9.84 Å². The Morgan fingerprint density at radius 1 is 0.418 bits per heavy atom. The van der Waals surface area contributed by atoms with Gasteiger partial charge in [-0.25, -0.2) is 60.1 Å². The molecule has 2 aliphatic heterocycles. The van der Waals surface area contributed by atoms with Gasteiger partial charge in [-0.3, -0.25) is 53.3 Å². The van der Waals surface area contributed by atoms with Crippen LogP contribution in [0.3, 0.4) is 0 Å². The smallest absolute Gasteiger partial charge is 0.336 e. The van der Waals surface area contributed by atoms with E-state index in [1.54, 1.807) is 36.8 Å². The Labute approximate surface area is 830 Å². The zero-order valence-corrected chi connectivity index (χ0v) is 80.3. The summed E-state index contributed by atoms with van der Waals surface area (Å²) in [7, 11) is 1.93. The first-order chi connectivity index (χ1) is 70.1. The number of rotatable bonds is 29. The molecule has 2 aliphatic rings. The Kier molecular flexibility index (Phi) is 33.1. The number of carbonyl (C=O) groups is 6. The van der Waals surface area contributed by atoms with Crippen molar-refractivity contribution in [1.82, 2.24) is 93.3 Å². The van der Waals surface area contributed by atoms with E-state index >= 15 is 0 Å². The minimum absolute atomic E-state index is 0.0149. The van der Waals surface area contributed by atoms with Gasteiger partial charge in [0, 0.05) is 198 Å². The molecular weight excluding hydrogens is 1890 g/mol. The number of benzene rings is 5. The lowest BCUT2D eigenvalue weighted by Gasteiger charge is -2.18. The number of aliphatic hydroxyl groups excluding tert-OH is 1. The van der Waals surface area contributed by atoms with Gasteiger partial charge in [-0.2, -0.15) is 25.5 Å². The van der Waals surface area contributed by atoms with E-state index in [0.717, 1.165) is 107 Å². The number of fused-ring (bicyclic) bond motifs is 6. The van der Waals surface area contributed by atoms with Crippen molar-refractivity contribution in [3.63, 3.8) is 0 Å². The molecule has 2 saturated heterocycles. The number of alkyl halides is 2. The van der Waals surface area contributed by atoms with Crippen molar-refractivity contribution in [3.05, 3.63) is 356 Å². The van der Waals surface area contributed by atoms with E-state index < -0.39 is 60.2 Å². The summed E-state index contributed by atoms with van der Waals surface area (Å²) in [6.07, 6.45) is 25.8. The van der Waals surface area contributed by atoms with Gasteiger partial charge in [0.2, 0.25) is 0 Å². The number of aryl methyl sites for hydroxylation is 3. The standard InChI is InChI=1S/C20H21FN4O2.C18H16F3N3O3.C18H16FN3O3.C18H18FN3O2.C18H19N3O2.C15H13N3O2/c21-15-3-4-19-17(12-15)18(11-14-13-22-6-5-16(14)20(26)27)23-25(19)10-9-24-7-1-2-8-24;1-18(20,21)16(25)9-24-15-3-2-11(19)7-13(15)14(23-24)6-10-8-22-5-4-12(10)17(26)27;19-12-1-2-17-15(8-12)16(21-22(17)13-4-6-25-10-13)7-11-9-20-5-3-14(11)18(23)24;1-11(2)10-22-17-4-3-13(19)8-15(17)16(21-22)7-12-9-20-6-5-14(12)18(23)24;1-3-8-21-17-5-4-12(2)9-15(17)16(20-21)10-13-11-19-7-6-14(13)18(22)23;1-18-9-11(12-3-2-5-17-14(12)18)7-10-8-16-6-4-13(10)15(19)20/h3-6,12-13H,1-2,7-11H2,(H,26,27);2-5,7-8,16,25H,6,9H2,1H3,(H,26,27);1-3,5,8-9,13H,4,6-7,10H2,(H,23,24);3-6,8-9,11H,7,10H2,1-2H3,(H,23,24);4-7,9,11H,3,8,10H2,1-2H3,(H,22,23);2-6,8-9H,7H2,1H3,(H,19,20). The highest BCUT2D eigenvalue weighted by molar-refractivity contribution is 5.95. The molecule has 146 heavy (non-hydrogen) atoms. The molecule has 5 aromatic carbocycles. The van der Waals surface area contributed by atoms with E-state index in [9.17, 15) is 90.9 Å². The Morgan fingerprint density at radius 3 is 1.14 bits per heavy atom. The highest BCUT2D eigenvalue weighted by atomic mass is 19.3. The molecule has 39 heteroatoms. The van der Waals surface area contributed by atoms with Crippen LogP contribution < -0.4 is 0 Å². The van der Waals surface area contributed by atoms with Gasteiger partial charge in [-0.15, -0.1) is 0 Å². The third-order valence-electron chi connectivity index (χ3n) is 24.9. The fourth-order valence-corrected chi connectivity index (χ4v) is 17.8. The Bertz CT molecular complexity index is 7840. The van der Waals surface area contributed by atoms with Crippen LogP contribution in [0.25, 0.3) is 65.5 Å². The van der Waals surface area contributed by atoms with Crippen LogP contribution in [0.5, 0.6) is 0 Å².